The van der Waals surface area contributed by atoms with Gasteiger partial charge in [0.05, 0.1) is 0 Å². The maximum absolute atomic E-state index is 2.82. The highest BCUT2D eigenvalue weighted by Crippen LogP contribution is 2.65. The van der Waals surface area contributed by atoms with Crippen LogP contribution in [0.4, 0.5) is 0 Å². The lowest BCUT2D eigenvalue weighted by Crippen LogP contribution is -3.36. The lowest BCUT2D eigenvalue weighted by Gasteiger charge is -2.76. The lowest BCUT2D eigenvalue weighted by molar-refractivity contribution is -1.07. The van der Waals surface area contributed by atoms with E-state index in [0.717, 1.165) is 71.0 Å². The van der Waals surface area contributed by atoms with Crippen molar-refractivity contribution < 1.29 is 10.4 Å². The van der Waals surface area contributed by atoms with Crippen molar-refractivity contribution in [3.05, 3.63) is 0 Å². The fourth-order valence-corrected chi connectivity index (χ4v) is 15.7. The van der Waals surface area contributed by atoms with Crippen molar-refractivity contribution >= 4 is 0 Å². The molecule has 0 radical (unpaired) electrons. The van der Waals surface area contributed by atoms with E-state index in [1.54, 1.807) is 96.3 Å². The first-order valence-corrected chi connectivity index (χ1v) is 16.3. The van der Waals surface area contributed by atoms with Gasteiger partial charge >= 0.3 is 0 Å². The van der Waals surface area contributed by atoms with Gasteiger partial charge in [0.15, 0.2) is 0 Å². The minimum atomic E-state index is 0. The van der Waals surface area contributed by atoms with Crippen molar-refractivity contribution in [3.8, 4) is 0 Å². The Bertz CT molecular complexity index is 739. The monoisotopic (exact) mass is 479 g/mol. The molecule has 2 heteroatoms. The zero-order valence-corrected chi connectivity index (χ0v) is 23.0. The molecular formula is C33H53NO. The highest BCUT2D eigenvalue weighted by atomic mass is 16.0. The number of rotatable bonds is 3. The summed E-state index contributed by atoms with van der Waals surface area (Å²) in [5, 5.41) is 0. The van der Waals surface area contributed by atoms with E-state index in [1.165, 1.54) is 0 Å². The Morgan fingerprint density at radius 3 is 0.857 bits per heavy atom. The molecule has 9 unspecified atom stereocenters. The van der Waals surface area contributed by atoms with Gasteiger partial charge in [0.2, 0.25) is 0 Å². The quantitative estimate of drug-likeness (QED) is 0.504. The lowest BCUT2D eigenvalue weighted by atomic mass is 9.40. The van der Waals surface area contributed by atoms with Crippen molar-refractivity contribution in [2.45, 2.75) is 134 Å². The summed E-state index contributed by atoms with van der Waals surface area (Å²) < 4.78 is 0. The van der Waals surface area contributed by atoms with Crippen LogP contribution in [0.5, 0.6) is 0 Å². The van der Waals surface area contributed by atoms with Crippen molar-refractivity contribution in [2.24, 2.45) is 71.0 Å². The summed E-state index contributed by atoms with van der Waals surface area (Å²) in [6.45, 7) is 8.45. The van der Waals surface area contributed by atoms with Gasteiger partial charge in [0.25, 0.3) is 0 Å². The minimum Gasteiger partial charge on any atom is -0.870 e. The number of hydrogen-bond acceptors (Lipinski definition) is 1. The van der Waals surface area contributed by atoms with E-state index in [9.17, 15) is 0 Å². The summed E-state index contributed by atoms with van der Waals surface area (Å²) in [6, 6.07) is 0. The molecule has 9 atom stereocenters. The molecule has 12 saturated carbocycles. The smallest absolute Gasteiger partial charge is 0.102 e. The minimum absolute atomic E-state index is 0. The molecule has 12 bridgehead atoms. The largest absolute Gasteiger partial charge is 0.870 e. The van der Waals surface area contributed by atoms with Crippen LogP contribution in [0.1, 0.15) is 117 Å². The maximum atomic E-state index is 2.82. The molecular weight excluding hydrogens is 426 g/mol. The van der Waals surface area contributed by atoms with Crippen LogP contribution >= 0.6 is 0 Å². The Labute approximate surface area is 215 Å². The molecule has 12 aliphatic rings. The molecule has 2 N–H and O–H groups in total. The molecule has 0 aromatic rings. The second kappa shape index (κ2) is 7.11. The molecule has 2 nitrogen and oxygen atoms in total. The highest BCUT2D eigenvalue weighted by molar-refractivity contribution is 5.15. The van der Waals surface area contributed by atoms with E-state index >= 15 is 0 Å². The molecule has 0 aromatic carbocycles. The van der Waals surface area contributed by atoms with Crippen LogP contribution in [0, 0.1) is 71.0 Å². The van der Waals surface area contributed by atoms with Crippen LogP contribution in [0.15, 0.2) is 0 Å². The number of nitrogens with one attached hydrogen (secondary N) is 1. The molecule has 0 aromatic heterocycles. The van der Waals surface area contributed by atoms with Crippen LogP contribution < -0.4 is 4.90 Å². The van der Waals surface area contributed by atoms with Gasteiger partial charge in [-0.15, -0.1) is 0 Å². The first-order valence-electron chi connectivity index (χ1n) is 16.3. The Balaban J connectivity index is 0.00000196. The Morgan fingerprint density at radius 2 is 0.629 bits per heavy atom. The third-order valence-electron chi connectivity index (χ3n) is 16.0. The van der Waals surface area contributed by atoms with E-state index in [4.69, 9.17) is 0 Å². The third kappa shape index (κ3) is 2.66. The van der Waals surface area contributed by atoms with Crippen LogP contribution in [0.2, 0.25) is 0 Å². The van der Waals surface area contributed by atoms with Crippen molar-refractivity contribution in [1.82, 2.24) is 0 Å². The molecule has 0 amide bonds. The van der Waals surface area contributed by atoms with E-state index < -0.39 is 0 Å². The van der Waals surface area contributed by atoms with Crippen molar-refractivity contribution in [1.29, 1.82) is 0 Å². The molecule has 0 heterocycles. The van der Waals surface area contributed by atoms with Crippen LogP contribution in [-0.4, -0.2) is 22.1 Å². The van der Waals surface area contributed by atoms with Gasteiger partial charge in [-0.2, -0.15) is 0 Å². The van der Waals surface area contributed by atoms with E-state index in [2.05, 4.69) is 25.7 Å². The van der Waals surface area contributed by atoms with Gasteiger partial charge in [0, 0.05) is 56.3 Å². The molecule has 12 fully saturated rings. The molecule has 12 rings (SSSR count). The number of quaternary nitrogens is 1. The van der Waals surface area contributed by atoms with E-state index in [-0.39, 0.29) is 5.48 Å². The first kappa shape index (κ1) is 22.9. The van der Waals surface area contributed by atoms with Crippen molar-refractivity contribution in [3.63, 3.8) is 0 Å². The molecule has 0 saturated heterocycles. The van der Waals surface area contributed by atoms with Gasteiger partial charge in [-0.1, -0.05) is 20.8 Å². The zero-order chi connectivity index (χ0) is 22.6. The van der Waals surface area contributed by atoms with Gasteiger partial charge in [-0.25, -0.2) is 0 Å². The Hall–Kier alpha value is -0.0800. The topological polar surface area (TPSA) is 34.4 Å². The van der Waals surface area contributed by atoms with Gasteiger partial charge in [0.1, 0.15) is 16.6 Å². The maximum Gasteiger partial charge on any atom is 0.102 e. The highest BCUT2D eigenvalue weighted by Gasteiger charge is 2.75. The summed E-state index contributed by atoms with van der Waals surface area (Å²) in [6.07, 6.45) is 24.3. The van der Waals surface area contributed by atoms with Crippen LogP contribution in [-0.2, 0) is 0 Å². The normalized spacial score (nSPS) is 65.6. The van der Waals surface area contributed by atoms with Crippen molar-refractivity contribution in [2.75, 3.05) is 0 Å². The van der Waals surface area contributed by atoms with E-state index in [1.807, 2.05) is 0 Å². The summed E-state index contributed by atoms with van der Waals surface area (Å²) in [7, 11) is 0. The molecule has 35 heavy (non-hydrogen) atoms. The Morgan fingerprint density at radius 1 is 0.400 bits per heavy atom. The predicted molar refractivity (Wildman–Crippen MR) is 139 cm³/mol. The summed E-state index contributed by atoms with van der Waals surface area (Å²) in [4.78, 5) is 2.39. The third-order valence-corrected chi connectivity index (χ3v) is 16.0. The zero-order valence-electron chi connectivity index (χ0n) is 23.0. The predicted octanol–water partition coefficient (Wildman–Crippen LogP) is 6.34. The number of hydrogen-bond donors (Lipinski definition) is 1. The summed E-state index contributed by atoms with van der Waals surface area (Å²) in [5.41, 5.74) is 1.94. The molecule has 12 aliphatic carbocycles. The van der Waals surface area contributed by atoms with Gasteiger partial charge < -0.3 is 10.4 Å². The first-order chi connectivity index (χ1) is 16.4. The average molecular weight is 480 g/mol. The summed E-state index contributed by atoms with van der Waals surface area (Å²) in [5.74, 6) is 12.8. The van der Waals surface area contributed by atoms with Gasteiger partial charge in [-0.3, -0.25) is 0 Å². The average Bonchev–Trinajstić information content (AvgIpc) is 2.78. The van der Waals surface area contributed by atoms with Gasteiger partial charge in [-0.05, 0) is 111 Å². The van der Waals surface area contributed by atoms with Crippen LogP contribution in [0.3, 0.4) is 0 Å². The second-order valence-corrected chi connectivity index (χ2v) is 17.0. The summed E-state index contributed by atoms with van der Waals surface area (Å²) >= 11 is 0. The standard InChI is InChI=1S/C33H51N.H2O/c1-19-28-7-22-4-23(8-28)14-31(19,13-22)34(32-15-24-5-25(16-32)10-29(9-24)20(32)2)33-17-26-6-27(18-33)12-30(11-26)21(33)3;/h19-30H,4-18H2,1-3H3;1H2. The SMILES string of the molecule is CC1C2CC3CC(C2)CC1([NH+](C12CC4CC(CC(C4)C1C)C2)C12CC4CC(CC(C4)C1C)C2)C3.[OH-]. The molecule has 0 spiro atoms. The van der Waals surface area contributed by atoms with E-state index in [0.29, 0.717) is 16.6 Å². The molecule has 196 valence electrons. The fourth-order valence-electron chi connectivity index (χ4n) is 15.7. The molecule has 0 aliphatic heterocycles. The second-order valence-electron chi connectivity index (χ2n) is 17.0. The van der Waals surface area contributed by atoms with Crippen LogP contribution in [0.25, 0.3) is 0 Å². The fraction of sp³-hybridized carbons (Fsp3) is 1.00. The Kier molecular flexibility index (Phi) is 4.64.